The number of ether oxygens (including phenoxy) is 2. The molecule has 0 spiro atoms. The molecule has 23 heavy (non-hydrogen) atoms. The van der Waals surface area contributed by atoms with E-state index in [0.29, 0.717) is 19.7 Å². The van der Waals surface area contributed by atoms with Crippen LogP contribution in [0.5, 0.6) is 11.5 Å². The summed E-state index contributed by atoms with van der Waals surface area (Å²) in [6.07, 6.45) is 3.63. The van der Waals surface area contributed by atoms with Gasteiger partial charge in [-0.1, -0.05) is 0 Å². The highest BCUT2D eigenvalue weighted by atomic mass is 16.5. The van der Waals surface area contributed by atoms with Gasteiger partial charge < -0.3 is 19.7 Å². The number of amides is 2. The third-order valence-corrected chi connectivity index (χ3v) is 3.23. The average molecular weight is 318 g/mol. The van der Waals surface area contributed by atoms with Crippen LogP contribution in [0.1, 0.15) is 5.56 Å². The lowest BCUT2D eigenvalue weighted by Gasteiger charge is -2.17. The van der Waals surface area contributed by atoms with Gasteiger partial charge in [-0.25, -0.2) is 4.79 Å². The third kappa shape index (κ3) is 5.21. The van der Waals surface area contributed by atoms with Crippen molar-refractivity contribution in [2.45, 2.75) is 6.54 Å². The van der Waals surface area contributed by atoms with E-state index in [-0.39, 0.29) is 6.03 Å². The van der Waals surface area contributed by atoms with Crippen molar-refractivity contribution in [2.24, 2.45) is 7.05 Å². The largest absolute Gasteiger partial charge is 0.497 e. The number of nitrogens with one attached hydrogen (secondary N) is 1. The van der Waals surface area contributed by atoms with Crippen LogP contribution in [0.25, 0.3) is 0 Å². The van der Waals surface area contributed by atoms with Crippen LogP contribution in [-0.4, -0.2) is 48.0 Å². The number of carbonyl (C=O) groups excluding carboxylic acids is 1. The highest BCUT2D eigenvalue weighted by Crippen LogP contribution is 2.16. The van der Waals surface area contributed by atoms with Crippen molar-refractivity contribution in [1.29, 1.82) is 0 Å². The molecule has 1 N–H and O–H groups in total. The van der Waals surface area contributed by atoms with E-state index >= 15 is 0 Å². The van der Waals surface area contributed by atoms with Gasteiger partial charge in [0.05, 0.1) is 26.4 Å². The molecule has 2 amide bonds. The molecule has 7 heteroatoms. The number of hydrogen-bond donors (Lipinski definition) is 1. The van der Waals surface area contributed by atoms with Crippen LogP contribution in [0, 0.1) is 0 Å². The summed E-state index contributed by atoms with van der Waals surface area (Å²) < 4.78 is 12.3. The standard InChI is InChI=1S/C16H22N4O3/c1-19(11-13-10-18-20(2)12-13)16(21)17-8-9-23-15-6-4-14(22-3)5-7-15/h4-7,10,12H,8-9,11H2,1-3H3,(H,17,21). The van der Waals surface area contributed by atoms with E-state index in [1.54, 1.807) is 29.9 Å². The Hall–Kier alpha value is -2.70. The Kier molecular flexibility index (Phi) is 5.85. The van der Waals surface area contributed by atoms with Gasteiger partial charge in [0.25, 0.3) is 0 Å². The first-order valence-corrected chi connectivity index (χ1v) is 7.32. The lowest BCUT2D eigenvalue weighted by Crippen LogP contribution is -2.38. The van der Waals surface area contributed by atoms with Crippen molar-refractivity contribution in [3.8, 4) is 11.5 Å². The number of urea groups is 1. The van der Waals surface area contributed by atoms with Gasteiger partial charge in [0.1, 0.15) is 18.1 Å². The predicted molar refractivity (Wildman–Crippen MR) is 86.6 cm³/mol. The van der Waals surface area contributed by atoms with E-state index in [1.807, 2.05) is 37.5 Å². The minimum absolute atomic E-state index is 0.146. The van der Waals surface area contributed by atoms with Crippen LogP contribution in [0.3, 0.4) is 0 Å². The minimum Gasteiger partial charge on any atom is -0.497 e. The van der Waals surface area contributed by atoms with Crippen LogP contribution in [0.2, 0.25) is 0 Å². The minimum atomic E-state index is -0.146. The lowest BCUT2D eigenvalue weighted by molar-refractivity contribution is 0.203. The lowest BCUT2D eigenvalue weighted by atomic mass is 10.3. The molecule has 0 aliphatic carbocycles. The second-order valence-corrected chi connectivity index (χ2v) is 5.13. The molecule has 0 aliphatic rings. The monoisotopic (exact) mass is 318 g/mol. The SMILES string of the molecule is COc1ccc(OCCNC(=O)N(C)Cc2cnn(C)c2)cc1. The number of carbonyl (C=O) groups is 1. The van der Waals surface area contributed by atoms with Gasteiger partial charge in [0.15, 0.2) is 0 Å². The van der Waals surface area contributed by atoms with Crippen molar-refractivity contribution >= 4 is 6.03 Å². The number of benzene rings is 1. The Morgan fingerprint density at radius 2 is 2.00 bits per heavy atom. The van der Waals surface area contributed by atoms with Crippen LogP contribution in [0.4, 0.5) is 4.79 Å². The number of aromatic nitrogens is 2. The maximum absolute atomic E-state index is 12.0. The summed E-state index contributed by atoms with van der Waals surface area (Å²) in [6.45, 7) is 1.35. The van der Waals surface area contributed by atoms with Crippen molar-refractivity contribution in [3.63, 3.8) is 0 Å². The maximum atomic E-state index is 12.0. The van der Waals surface area contributed by atoms with E-state index < -0.39 is 0 Å². The molecule has 2 rings (SSSR count). The Bertz CT molecular complexity index is 625. The van der Waals surface area contributed by atoms with Crippen LogP contribution >= 0.6 is 0 Å². The zero-order valence-corrected chi connectivity index (χ0v) is 13.7. The molecule has 0 bridgehead atoms. The van der Waals surface area contributed by atoms with Crippen LogP contribution < -0.4 is 14.8 Å². The predicted octanol–water partition coefficient (Wildman–Crippen LogP) is 1.65. The number of rotatable bonds is 7. The van der Waals surface area contributed by atoms with Gasteiger partial charge in [-0.15, -0.1) is 0 Å². The summed E-state index contributed by atoms with van der Waals surface area (Å²) in [5.74, 6) is 1.52. The van der Waals surface area contributed by atoms with Gasteiger partial charge in [-0.2, -0.15) is 5.10 Å². The molecule has 1 heterocycles. The van der Waals surface area contributed by atoms with Gasteiger partial charge in [-0.3, -0.25) is 4.68 Å². The van der Waals surface area contributed by atoms with Crippen molar-refractivity contribution < 1.29 is 14.3 Å². The quantitative estimate of drug-likeness (QED) is 0.788. The molecule has 0 radical (unpaired) electrons. The molecule has 1 aromatic carbocycles. The molecule has 0 atom stereocenters. The topological polar surface area (TPSA) is 68.6 Å². The molecule has 2 aromatic rings. The summed E-state index contributed by atoms with van der Waals surface area (Å²) in [5.41, 5.74) is 0.986. The van der Waals surface area contributed by atoms with E-state index in [9.17, 15) is 4.79 Å². The number of methoxy groups -OCH3 is 1. The maximum Gasteiger partial charge on any atom is 0.317 e. The first-order chi connectivity index (χ1) is 11.1. The molecule has 1 aromatic heterocycles. The van der Waals surface area contributed by atoms with Crippen LogP contribution in [-0.2, 0) is 13.6 Å². The molecule has 0 unspecified atom stereocenters. The fraction of sp³-hybridized carbons (Fsp3) is 0.375. The summed E-state index contributed by atoms with van der Waals surface area (Å²) in [4.78, 5) is 13.6. The van der Waals surface area contributed by atoms with E-state index in [1.165, 1.54) is 0 Å². The average Bonchev–Trinajstić information content (AvgIpc) is 2.96. The van der Waals surface area contributed by atoms with Crippen molar-refractivity contribution in [2.75, 3.05) is 27.3 Å². The van der Waals surface area contributed by atoms with E-state index in [0.717, 1.165) is 17.1 Å². The molecule has 0 fully saturated rings. The van der Waals surface area contributed by atoms with E-state index in [4.69, 9.17) is 9.47 Å². The third-order valence-electron chi connectivity index (χ3n) is 3.23. The van der Waals surface area contributed by atoms with Gasteiger partial charge in [0, 0.05) is 25.9 Å². The number of aryl methyl sites for hydroxylation is 1. The number of hydrogen-bond acceptors (Lipinski definition) is 4. The molecule has 0 saturated carbocycles. The first-order valence-electron chi connectivity index (χ1n) is 7.32. The van der Waals surface area contributed by atoms with Gasteiger partial charge in [-0.05, 0) is 24.3 Å². The molecular formula is C16H22N4O3. The highest BCUT2D eigenvalue weighted by molar-refractivity contribution is 5.73. The molecule has 7 nitrogen and oxygen atoms in total. The zero-order valence-electron chi connectivity index (χ0n) is 13.7. The molecule has 0 aliphatic heterocycles. The molecule has 124 valence electrons. The van der Waals surface area contributed by atoms with E-state index in [2.05, 4.69) is 10.4 Å². The Morgan fingerprint density at radius 1 is 1.30 bits per heavy atom. The Labute approximate surface area is 135 Å². The summed E-state index contributed by atoms with van der Waals surface area (Å²) >= 11 is 0. The highest BCUT2D eigenvalue weighted by Gasteiger charge is 2.09. The fourth-order valence-corrected chi connectivity index (χ4v) is 2.03. The Morgan fingerprint density at radius 3 is 2.61 bits per heavy atom. The normalized spacial score (nSPS) is 10.2. The van der Waals surface area contributed by atoms with Gasteiger partial charge >= 0.3 is 6.03 Å². The summed E-state index contributed by atoms with van der Waals surface area (Å²) in [6, 6.07) is 7.17. The van der Waals surface area contributed by atoms with Gasteiger partial charge in [0.2, 0.25) is 0 Å². The first kappa shape index (κ1) is 16.7. The fourth-order valence-electron chi connectivity index (χ4n) is 2.03. The summed E-state index contributed by atoms with van der Waals surface area (Å²) in [7, 11) is 5.21. The van der Waals surface area contributed by atoms with Crippen LogP contribution in [0.15, 0.2) is 36.7 Å². The second-order valence-electron chi connectivity index (χ2n) is 5.13. The Balaban J connectivity index is 1.67. The zero-order chi connectivity index (χ0) is 16.7. The van der Waals surface area contributed by atoms with Crippen molar-refractivity contribution in [3.05, 3.63) is 42.2 Å². The molecule has 0 saturated heterocycles. The smallest absolute Gasteiger partial charge is 0.317 e. The van der Waals surface area contributed by atoms with Crippen molar-refractivity contribution in [1.82, 2.24) is 20.0 Å². The second kappa shape index (κ2) is 8.07. The molecular weight excluding hydrogens is 296 g/mol. The summed E-state index contributed by atoms with van der Waals surface area (Å²) in [5, 5.41) is 6.89. The number of nitrogens with zero attached hydrogens (tertiary/aromatic N) is 3.